The van der Waals surface area contributed by atoms with E-state index in [4.69, 9.17) is 4.74 Å². The van der Waals surface area contributed by atoms with E-state index in [1.807, 2.05) is 24.3 Å². The third-order valence-electron chi connectivity index (χ3n) is 9.26. The maximum absolute atomic E-state index is 13.8. The molecule has 3 atom stereocenters. The molecule has 2 fully saturated rings. The van der Waals surface area contributed by atoms with Gasteiger partial charge in [-0.15, -0.1) is 6.58 Å². The third-order valence-corrected chi connectivity index (χ3v) is 9.26. The van der Waals surface area contributed by atoms with Gasteiger partial charge < -0.3 is 14.7 Å². The first-order chi connectivity index (χ1) is 20.2. The Kier molecular flexibility index (Phi) is 11.0. The van der Waals surface area contributed by atoms with E-state index in [2.05, 4.69) is 60.6 Å². The predicted octanol–water partition coefficient (Wildman–Crippen LogP) is 6.31. The average molecular weight is 575 g/mol. The van der Waals surface area contributed by atoms with Crippen molar-refractivity contribution in [3.05, 3.63) is 78.4 Å². The van der Waals surface area contributed by atoms with Gasteiger partial charge in [0.1, 0.15) is 5.75 Å². The molecule has 6 heteroatoms. The summed E-state index contributed by atoms with van der Waals surface area (Å²) in [6.07, 6.45) is 9.36. The Balaban J connectivity index is 1.53. The normalized spacial score (nSPS) is 24.2. The number of ether oxygens (including phenoxy) is 1. The molecule has 4 rings (SSSR count). The van der Waals surface area contributed by atoms with Crippen LogP contribution in [0, 0.1) is 5.92 Å². The summed E-state index contributed by atoms with van der Waals surface area (Å²) in [5, 5.41) is 12.4. The molecule has 0 unspecified atom stereocenters. The maximum Gasteiger partial charge on any atom is 0.308 e. The molecule has 1 saturated heterocycles. The Morgan fingerprint density at radius 2 is 1.90 bits per heavy atom. The zero-order valence-electron chi connectivity index (χ0n) is 25.9. The summed E-state index contributed by atoms with van der Waals surface area (Å²) >= 11 is 0. The van der Waals surface area contributed by atoms with Gasteiger partial charge in [-0.3, -0.25) is 14.5 Å². The monoisotopic (exact) mass is 574 g/mol. The highest BCUT2D eigenvalue weighted by atomic mass is 16.5. The number of likely N-dealkylation sites (tertiary alicyclic amines) is 1. The average Bonchev–Trinajstić information content (AvgIpc) is 2.95. The molecule has 0 bridgehead atoms. The summed E-state index contributed by atoms with van der Waals surface area (Å²) in [6.45, 7) is 12.5. The number of benzene rings is 2. The molecule has 1 N–H and O–H groups in total. The van der Waals surface area contributed by atoms with Crippen LogP contribution < -0.4 is 4.74 Å². The van der Waals surface area contributed by atoms with Crippen LogP contribution in [-0.2, 0) is 21.4 Å². The topological polar surface area (TPSA) is 70.1 Å². The van der Waals surface area contributed by atoms with E-state index >= 15 is 0 Å². The van der Waals surface area contributed by atoms with E-state index in [0.29, 0.717) is 37.5 Å². The van der Waals surface area contributed by atoms with Crippen LogP contribution in [0.3, 0.4) is 0 Å². The van der Waals surface area contributed by atoms with Crippen LogP contribution in [0.2, 0.25) is 0 Å². The van der Waals surface area contributed by atoms with Crippen molar-refractivity contribution in [2.75, 3.05) is 26.2 Å². The second kappa shape index (κ2) is 14.5. The molecule has 1 aliphatic carbocycles. The van der Waals surface area contributed by atoms with Crippen molar-refractivity contribution >= 4 is 11.9 Å². The second-order valence-electron chi connectivity index (χ2n) is 12.9. The first-order valence-electron chi connectivity index (χ1n) is 15.8. The van der Waals surface area contributed by atoms with Crippen molar-refractivity contribution in [2.24, 2.45) is 5.92 Å². The lowest BCUT2D eigenvalue weighted by Gasteiger charge is -2.59. The number of nitrogens with zero attached hydrogens (tertiary/aromatic N) is 2. The largest absolute Gasteiger partial charge is 0.427 e. The molecule has 2 aromatic carbocycles. The van der Waals surface area contributed by atoms with Gasteiger partial charge in [0, 0.05) is 44.4 Å². The Bertz CT molecular complexity index is 1200. The van der Waals surface area contributed by atoms with Gasteiger partial charge in [0.2, 0.25) is 5.91 Å². The summed E-state index contributed by atoms with van der Waals surface area (Å²) in [4.78, 5) is 29.9. The summed E-state index contributed by atoms with van der Waals surface area (Å²) in [7, 11) is 0. The summed E-state index contributed by atoms with van der Waals surface area (Å²) < 4.78 is 5.46. The van der Waals surface area contributed by atoms with Gasteiger partial charge in [0.15, 0.2) is 0 Å². The molecule has 2 aromatic rings. The highest BCUT2D eigenvalue weighted by Gasteiger charge is 2.58. The molecular formula is C36H50N2O4. The van der Waals surface area contributed by atoms with Gasteiger partial charge >= 0.3 is 5.97 Å². The molecule has 228 valence electrons. The number of aryl methyl sites for hydroxylation is 1. The van der Waals surface area contributed by atoms with Gasteiger partial charge in [0.25, 0.3) is 0 Å². The van der Waals surface area contributed by atoms with Crippen LogP contribution in [0.5, 0.6) is 5.75 Å². The molecule has 1 aliphatic heterocycles. The highest BCUT2D eigenvalue weighted by molar-refractivity contribution is 5.76. The molecule has 0 radical (unpaired) electrons. The van der Waals surface area contributed by atoms with Gasteiger partial charge in [-0.1, -0.05) is 68.8 Å². The Morgan fingerprint density at radius 1 is 1.12 bits per heavy atom. The van der Waals surface area contributed by atoms with Gasteiger partial charge in [-0.05, 0) is 80.7 Å². The number of hydrogen-bond acceptors (Lipinski definition) is 5. The van der Waals surface area contributed by atoms with Crippen molar-refractivity contribution in [1.82, 2.24) is 9.80 Å². The van der Waals surface area contributed by atoms with Crippen molar-refractivity contribution in [3.8, 4) is 5.75 Å². The molecule has 42 heavy (non-hydrogen) atoms. The van der Waals surface area contributed by atoms with Crippen LogP contribution in [0.25, 0.3) is 0 Å². The molecule has 0 spiro atoms. The van der Waals surface area contributed by atoms with E-state index < -0.39 is 11.0 Å². The number of hydrogen-bond donors (Lipinski definition) is 1. The molecule has 1 amide bonds. The minimum atomic E-state index is -0.955. The Morgan fingerprint density at radius 3 is 2.62 bits per heavy atom. The van der Waals surface area contributed by atoms with E-state index in [-0.39, 0.29) is 17.9 Å². The van der Waals surface area contributed by atoms with E-state index in [1.165, 1.54) is 12.5 Å². The predicted molar refractivity (Wildman–Crippen MR) is 168 cm³/mol. The Hall–Kier alpha value is -2.96. The van der Waals surface area contributed by atoms with Crippen molar-refractivity contribution in [2.45, 2.75) is 95.6 Å². The van der Waals surface area contributed by atoms with Crippen LogP contribution >= 0.6 is 0 Å². The number of rotatable bonds is 13. The highest BCUT2D eigenvalue weighted by Crippen LogP contribution is 2.53. The zero-order chi connectivity index (χ0) is 30.2. The summed E-state index contributed by atoms with van der Waals surface area (Å²) in [5.74, 6) is 0.718. The Labute approximate surface area is 252 Å². The lowest BCUT2D eigenvalue weighted by molar-refractivity contribution is -0.150. The molecule has 1 heterocycles. The number of amides is 1. The third kappa shape index (κ3) is 7.70. The number of carbonyl (C=O) groups is 2. The summed E-state index contributed by atoms with van der Waals surface area (Å²) in [5.41, 5.74) is 0.838. The molecule has 1 saturated carbocycles. The SMILES string of the molecule is C=CCN1CC[C@@]2(c3cccc(OC(C)=O)c3)C[C@@H](N(CC(C)C)C(=O)CCCCCc3ccccc3)CC[C@]2(O)C1. The number of unbranched alkanes of at least 4 members (excludes halogenated alkanes) is 2. The fourth-order valence-corrected chi connectivity index (χ4v) is 7.28. The number of esters is 1. The van der Waals surface area contributed by atoms with Crippen LogP contribution in [0.1, 0.15) is 83.3 Å². The fraction of sp³-hybridized carbons (Fsp3) is 0.556. The van der Waals surface area contributed by atoms with Crippen LogP contribution in [-0.4, -0.2) is 64.6 Å². The van der Waals surface area contributed by atoms with Crippen LogP contribution in [0.15, 0.2) is 67.3 Å². The first kappa shape index (κ1) is 32.0. The first-order valence-corrected chi connectivity index (χ1v) is 15.8. The molecule has 2 aliphatic rings. The van der Waals surface area contributed by atoms with E-state index in [0.717, 1.165) is 63.7 Å². The maximum atomic E-state index is 13.8. The van der Waals surface area contributed by atoms with Crippen molar-refractivity contribution in [3.63, 3.8) is 0 Å². The van der Waals surface area contributed by atoms with E-state index in [1.54, 1.807) is 6.07 Å². The number of carbonyl (C=O) groups excluding carboxylic acids is 2. The minimum Gasteiger partial charge on any atom is -0.427 e. The van der Waals surface area contributed by atoms with Crippen molar-refractivity contribution < 1.29 is 19.4 Å². The van der Waals surface area contributed by atoms with Gasteiger partial charge in [-0.2, -0.15) is 0 Å². The lowest BCUT2D eigenvalue weighted by atomic mass is 9.55. The molecule has 6 nitrogen and oxygen atoms in total. The van der Waals surface area contributed by atoms with Gasteiger partial charge in [-0.25, -0.2) is 0 Å². The standard InChI is InChI=1S/C36H50N2O4/c1-5-22-37-23-21-35(31-16-12-17-33(24-31)42-29(4)39)25-32(19-20-36(35,41)27-37)38(26-28(2)3)34(40)18-11-7-10-15-30-13-8-6-9-14-30/h5-6,8-9,12-14,16-17,24,28,32,41H,1,7,10-11,15,18-23,25-27H2,2-4H3/t32-,35-,36-/m0/s1. The van der Waals surface area contributed by atoms with Crippen LogP contribution in [0.4, 0.5) is 0 Å². The second-order valence-corrected chi connectivity index (χ2v) is 12.9. The quantitative estimate of drug-likeness (QED) is 0.131. The fourth-order valence-electron chi connectivity index (χ4n) is 7.28. The lowest BCUT2D eigenvalue weighted by Crippen LogP contribution is -2.67. The number of piperidine rings is 1. The smallest absolute Gasteiger partial charge is 0.308 e. The summed E-state index contributed by atoms with van der Waals surface area (Å²) in [6, 6.07) is 18.3. The van der Waals surface area contributed by atoms with E-state index in [9.17, 15) is 14.7 Å². The molecular weight excluding hydrogens is 524 g/mol. The number of β-amino-alcohol motifs (C(OH)–C–C–N with tert-alkyl or cyclic N) is 1. The van der Waals surface area contributed by atoms with Gasteiger partial charge in [0.05, 0.1) is 5.60 Å². The number of aliphatic hydroxyl groups is 1. The molecule has 0 aromatic heterocycles. The number of fused-ring (bicyclic) bond motifs is 1. The minimum absolute atomic E-state index is 0.0489. The zero-order valence-corrected chi connectivity index (χ0v) is 25.9. The van der Waals surface area contributed by atoms with Crippen molar-refractivity contribution in [1.29, 1.82) is 0 Å².